The van der Waals surface area contributed by atoms with Gasteiger partial charge in [-0.15, -0.1) is 10.2 Å². The van der Waals surface area contributed by atoms with Gasteiger partial charge in [0.2, 0.25) is 5.13 Å². The Bertz CT molecular complexity index is 233. The fourth-order valence-corrected chi connectivity index (χ4v) is 1.57. The second-order valence-corrected chi connectivity index (χ2v) is 4.03. The van der Waals surface area contributed by atoms with Crippen LogP contribution in [-0.4, -0.2) is 35.7 Å². The lowest BCUT2D eigenvalue weighted by atomic mass is 10.3. The molecule has 68 valence electrons. The first-order chi connectivity index (χ1) is 5.68. The zero-order chi connectivity index (χ0) is 8.97. The van der Waals surface area contributed by atoms with Crippen LogP contribution in [0, 0.1) is 0 Å². The van der Waals surface area contributed by atoms with E-state index in [4.69, 9.17) is 5.73 Å². The van der Waals surface area contributed by atoms with Crippen LogP contribution in [0.4, 0.5) is 5.13 Å². The van der Waals surface area contributed by atoms with Crippen molar-refractivity contribution in [3.05, 3.63) is 5.01 Å². The van der Waals surface area contributed by atoms with Gasteiger partial charge in [0, 0.05) is 6.42 Å². The molecule has 4 nitrogen and oxygen atoms in total. The predicted molar refractivity (Wildman–Crippen MR) is 51.2 cm³/mol. The maximum Gasteiger partial charge on any atom is 0.203 e. The van der Waals surface area contributed by atoms with Crippen molar-refractivity contribution in [3.8, 4) is 0 Å². The molecule has 0 saturated heterocycles. The van der Waals surface area contributed by atoms with E-state index in [1.54, 1.807) is 0 Å². The van der Waals surface area contributed by atoms with Crippen LogP contribution in [0.2, 0.25) is 0 Å². The fraction of sp³-hybridized carbons (Fsp3) is 0.714. The van der Waals surface area contributed by atoms with Crippen LogP contribution in [0.15, 0.2) is 0 Å². The minimum atomic E-state index is 0.565. The van der Waals surface area contributed by atoms with Crippen molar-refractivity contribution in [2.45, 2.75) is 12.8 Å². The molecule has 0 aliphatic rings. The highest BCUT2D eigenvalue weighted by molar-refractivity contribution is 7.15. The second-order valence-electron chi connectivity index (χ2n) is 2.94. The lowest BCUT2D eigenvalue weighted by Crippen LogP contribution is -2.13. The smallest absolute Gasteiger partial charge is 0.203 e. The fourth-order valence-electron chi connectivity index (χ4n) is 0.914. The van der Waals surface area contributed by atoms with Crippen molar-refractivity contribution < 1.29 is 0 Å². The number of aromatic nitrogens is 2. The molecule has 1 heterocycles. The molecular formula is C7H14N4S. The van der Waals surface area contributed by atoms with E-state index in [1.165, 1.54) is 11.3 Å². The third-order valence-electron chi connectivity index (χ3n) is 1.48. The largest absolute Gasteiger partial charge is 0.374 e. The minimum Gasteiger partial charge on any atom is -0.374 e. The highest BCUT2D eigenvalue weighted by Gasteiger charge is 2.00. The molecular weight excluding hydrogens is 172 g/mol. The normalized spacial score (nSPS) is 10.9. The van der Waals surface area contributed by atoms with Crippen LogP contribution in [0.3, 0.4) is 0 Å². The molecule has 0 amide bonds. The molecule has 1 aromatic rings. The summed E-state index contributed by atoms with van der Waals surface area (Å²) in [7, 11) is 4.13. The Morgan fingerprint density at radius 2 is 2.17 bits per heavy atom. The molecule has 1 aromatic heterocycles. The summed E-state index contributed by atoms with van der Waals surface area (Å²) in [6.07, 6.45) is 2.09. The number of aryl methyl sites for hydroxylation is 1. The molecule has 2 N–H and O–H groups in total. The average molecular weight is 186 g/mol. The molecule has 0 fully saturated rings. The molecule has 0 saturated carbocycles. The van der Waals surface area contributed by atoms with Gasteiger partial charge < -0.3 is 10.6 Å². The monoisotopic (exact) mass is 186 g/mol. The second kappa shape index (κ2) is 4.37. The van der Waals surface area contributed by atoms with Gasteiger partial charge >= 0.3 is 0 Å². The van der Waals surface area contributed by atoms with Crippen LogP contribution >= 0.6 is 11.3 Å². The number of nitrogens with two attached hydrogens (primary N) is 1. The molecule has 0 radical (unpaired) electrons. The van der Waals surface area contributed by atoms with E-state index in [1.807, 2.05) is 0 Å². The first-order valence-electron chi connectivity index (χ1n) is 3.91. The van der Waals surface area contributed by atoms with Gasteiger partial charge in [-0.1, -0.05) is 11.3 Å². The van der Waals surface area contributed by atoms with Crippen molar-refractivity contribution in [2.24, 2.45) is 0 Å². The van der Waals surface area contributed by atoms with E-state index < -0.39 is 0 Å². The summed E-state index contributed by atoms with van der Waals surface area (Å²) < 4.78 is 0. The van der Waals surface area contributed by atoms with Crippen LogP contribution < -0.4 is 5.73 Å². The third-order valence-corrected chi connectivity index (χ3v) is 2.29. The molecule has 5 heteroatoms. The van der Waals surface area contributed by atoms with Crippen LogP contribution in [0.1, 0.15) is 11.4 Å². The first-order valence-corrected chi connectivity index (χ1v) is 4.72. The first kappa shape index (κ1) is 9.41. The Balaban J connectivity index is 2.24. The van der Waals surface area contributed by atoms with E-state index in [0.29, 0.717) is 5.13 Å². The summed E-state index contributed by atoms with van der Waals surface area (Å²) in [5.41, 5.74) is 5.44. The summed E-state index contributed by atoms with van der Waals surface area (Å²) in [6.45, 7) is 1.08. The lowest BCUT2D eigenvalue weighted by molar-refractivity contribution is 0.400. The number of anilines is 1. The average Bonchev–Trinajstić information content (AvgIpc) is 2.35. The molecule has 0 atom stereocenters. The summed E-state index contributed by atoms with van der Waals surface area (Å²) >= 11 is 1.48. The number of nitrogens with zero attached hydrogens (tertiary/aromatic N) is 3. The maximum atomic E-state index is 5.44. The minimum absolute atomic E-state index is 0.565. The van der Waals surface area contributed by atoms with E-state index >= 15 is 0 Å². The maximum absolute atomic E-state index is 5.44. The van der Waals surface area contributed by atoms with E-state index in [9.17, 15) is 0 Å². The Labute approximate surface area is 76.4 Å². The van der Waals surface area contributed by atoms with Crippen LogP contribution in [-0.2, 0) is 6.42 Å². The van der Waals surface area contributed by atoms with Gasteiger partial charge in [0.1, 0.15) is 5.01 Å². The van der Waals surface area contributed by atoms with Gasteiger partial charge in [-0.3, -0.25) is 0 Å². The summed E-state index contributed by atoms with van der Waals surface area (Å²) in [5, 5.41) is 9.29. The van der Waals surface area contributed by atoms with Gasteiger partial charge in [-0.2, -0.15) is 0 Å². The standard InChI is InChI=1S/C7H14N4S/c1-11(2)5-3-4-6-9-10-7(8)12-6/h3-5H2,1-2H3,(H2,8,10). The predicted octanol–water partition coefficient (Wildman–Crippen LogP) is 0.615. The van der Waals surface area contributed by atoms with Gasteiger partial charge in [0.15, 0.2) is 0 Å². The van der Waals surface area contributed by atoms with Gasteiger partial charge in [-0.25, -0.2) is 0 Å². The Hall–Kier alpha value is -0.680. The summed E-state index contributed by atoms with van der Waals surface area (Å²) in [5.74, 6) is 0. The van der Waals surface area contributed by atoms with Crippen molar-refractivity contribution in [3.63, 3.8) is 0 Å². The number of hydrogen-bond donors (Lipinski definition) is 1. The zero-order valence-corrected chi connectivity index (χ0v) is 8.27. The third kappa shape index (κ3) is 3.15. The Morgan fingerprint density at radius 1 is 1.42 bits per heavy atom. The lowest BCUT2D eigenvalue weighted by Gasteiger charge is -2.06. The molecule has 0 aliphatic heterocycles. The molecule has 12 heavy (non-hydrogen) atoms. The highest BCUT2D eigenvalue weighted by Crippen LogP contribution is 2.12. The summed E-state index contributed by atoms with van der Waals surface area (Å²) in [4.78, 5) is 2.16. The molecule has 1 rings (SSSR count). The number of nitrogen functional groups attached to an aromatic ring is 1. The Kier molecular flexibility index (Phi) is 3.43. The number of hydrogen-bond acceptors (Lipinski definition) is 5. The van der Waals surface area contributed by atoms with E-state index in [-0.39, 0.29) is 0 Å². The molecule has 0 spiro atoms. The molecule has 0 unspecified atom stereocenters. The quantitative estimate of drug-likeness (QED) is 0.748. The van der Waals surface area contributed by atoms with Gasteiger partial charge in [-0.05, 0) is 27.1 Å². The van der Waals surface area contributed by atoms with Gasteiger partial charge in [0.25, 0.3) is 0 Å². The molecule has 0 aromatic carbocycles. The Morgan fingerprint density at radius 3 is 2.67 bits per heavy atom. The number of rotatable bonds is 4. The molecule has 0 bridgehead atoms. The SMILES string of the molecule is CN(C)CCCc1nnc(N)s1. The highest BCUT2D eigenvalue weighted by atomic mass is 32.1. The van der Waals surface area contributed by atoms with E-state index in [0.717, 1.165) is 24.4 Å². The van der Waals surface area contributed by atoms with Crippen molar-refractivity contribution in [2.75, 3.05) is 26.4 Å². The van der Waals surface area contributed by atoms with Crippen LogP contribution in [0.25, 0.3) is 0 Å². The zero-order valence-electron chi connectivity index (χ0n) is 7.45. The topological polar surface area (TPSA) is 55.0 Å². The van der Waals surface area contributed by atoms with Crippen molar-refractivity contribution in [1.82, 2.24) is 15.1 Å². The molecule has 0 aliphatic carbocycles. The van der Waals surface area contributed by atoms with E-state index in [2.05, 4.69) is 29.2 Å². The van der Waals surface area contributed by atoms with Crippen molar-refractivity contribution >= 4 is 16.5 Å². The van der Waals surface area contributed by atoms with Crippen LogP contribution in [0.5, 0.6) is 0 Å². The summed E-state index contributed by atoms with van der Waals surface area (Å²) in [6, 6.07) is 0. The van der Waals surface area contributed by atoms with Crippen molar-refractivity contribution in [1.29, 1.82) is 0 Å². The van der Waals surface area contributed by atoms with Gasteiger partial charge in [0.05, 0.1) is 0 Å².